The van der Waals surface area contributed by atoms with Crippen LogP contribution in [0.5, 0.6) is 5.75 Å². The van der Waals surface area contributed by atoms with Crippen molar-refractivity contribution in [2.24, 2.45) is 0 Å². The molecule has 0 unspecified atom stereocenters. The van der Waals surface area contributed by atoms with Crippen LogP contribution in [-0.4, -0.2) is 15.8 Å². The van der Waals surface area contributed by atoms with E-state index in [0.29, 0.717) is 10.8 Å². The van der Waals surface area contributed by atoms with Crippen LogP contribution in [0, 0.1) is 24.0 Å². The topological polar surface area (TPSA) is 85.6 Å². The van der Waals surface area contributed by atoms with Gasteiger partial charge >= 0.3 is 5.69 Å². The van der Waals surface area contributed by atoms with Crippen molar-refractivity contribution >= 4 is 33.8 Å². The predicted octanol–water partition coefficient (Wildman–Crippen LogP) is 4.93. The van der Waals surface area contributed by atoms with Gasteiger partial charge < -0.3 is 4.74 Å². The van der Waals surface area contributed by atoms with Gasteiger partial charge in [-0.25, -0.2) is 4.98 Å². The molecule has 0 spiro atoms. The van der Waals surface area contributed by atoms with E-state index in [2.05, 4.69) is 4.98 Å². The Morgan fingerprint density at radius 1 is 1.21 bits per heavy atom. The van der Waals surface area contributed by atoms with Crippen molar-refractivity contribution < 1.29 is 14.5 Å². The molecular weight excluding hydrogens is 378 g/mol. The second-order valence-electron chi connectivity index (χ2n) is 6.26. The van der Waals surface area contributed by atoms with Crippen LogP contribution >= 0.6 is 11.3 Å². The highest BCUT2D eigenvalue weighted by atomic mass is 32.1. The molecule has 144 valence electrons. The van der Waals surface area contributed by atoms with Crippen LogP contribution in [0.25, 0.3) is 0 Å². The maximum absolute atomic E-state index is 12.2. The molecule has 8 heteroatoms. The molecule has 0 atom stereocenters. The number of hydrogen-bond acceptors (Lipinski definition) is 6. The zero-order valence-corrected chi connectivity index (χ0v) is 16.5. The fourth-order valence-electron chi connectivity index (χ4n) is 2.64. The van der Waals surface area contributed by atoms with Crippen molar-refractivity contribution in [2.45, 2.75) is 27.4 Å². The van der Waals surface area contributed by atoms with Gasteiger partial charge in [-0.3, -0.25) is 19.8 Å². The Balaban J connectivity index is 1.81. The molecule has 0 bridgehead atoms. The van der Waals surface area contributed by atoms with E-state index < -0.39 is 4.92 Å². The highest BCUT2D eigenvalue weighted by molar-refractivity contribution is 7.14. The number of carbonyl (C=O) groups excluding carboxylic acids is 1. The molecule has 28 heavy (non-hydrogen) atoms. The molecule has 1 aromatic heterocycles. The molecule has 0 saturated carbocycles. The van der Waals surface area contributed by atoms with E-state index in [-0.39, 0.29) is 24.0 Å². The number of nitro groups is 1. The molecule has 3 rings (SSSR count). The number of nitrogens with zero attached hydrogens (tertiary/aromatic N) is 3. The van der Waals surface area contributed by atoms with Crippen LogP contribution in [0.2, 0.25) is 0 Å². The molecule has 1 amide bonds. The van der Waals surface area contributed by atoms with Gasteiger partial charge in [0.2, 0.25) is 5.91 Å². The highest BCUT2D eigenvalue weighted by Crippen LogP contribution is 2.31. The molecular formula is C20H19N3O4S. The van der Waals surface area contributed by atoms with E-state index in [0.717, 1.165) is 16.8 Å². The lowest BCUT2D eigenvalue weighted by molar-refractivity contribution is -0.385. The van der Waals surface area contributed by atoms with E-state index in [9.17, 15) is 14.9 Å². The minimum atomic E-state index is -0.487. The smallest absolute Gasteiger partial charge is 0.310 e. The Labute approximate surface area is 166 Å². The number of amides is 1. The molecule has 1 heterocycles. The molecule has 7 nitrogen and oxygen atoms in total. The van der Waals surface area contributed by atoms with Gasteiger partial charge in [-0.2, -0.15) is 0 Å². The third kappa shape index (κ3) is 4.17. The summed E-state index contributed by atoms with van der Waals surface area (Å²) in [7, 11) is 0. The van der Waals surface area contributed by atoms with Gasteiger partial charge in [-0.15, -0.1) is 11.3 Å². The van der Waals surface area contributed by atoms with Crippen molar-refractivity contribution in [3.05, 3.63) is 74.8 Å². The van der Waals surface area contributed by atoms with Crippen molar-refractivity contribution in [3.63, 3.8) is 0 Å². The average molecular weight is 397 g/mol. The summed E-state index contributed by atoms with van der Waals surface area (Å²) in [6.45, 7) is 5.56. The zero-order chi connectivity index (χ0) is 20.3. The Morgan fingerprint density at radius 3 is 2.64 bits per heavy atom. The van der Waals surface area contributed by atoms with E-state index in [4.69, 9.17) is 4.74 Å². The molecule has 0 aliphatic rings. The fourth-order valence-corrected chi connectivity index (χ4v) is 3.51. The Kier molecular flexibility index (Phi) is 5.70. The summed E-state index contributed by atoms with van der Waals surface area (Å²) >= 11 is 1.32. The first-order valence-corrected chi connectivity index (χ1v) is 9.43. The first-order valence-electron chi connectivity index (χ1n) is 8.55. The largest absolute Gasteiger partial charge is 0.480 e. The quantitative estimate of drug-likeness (QED) is 0.435. The molecule has 0 aliphatic heterocycles. The lowest BCUT2D eigenvalue weighted by Gasteiger charge is -2.19. The summed E-state index contributed by atoms with van der Waals surface area (Å²) in [5.74, 6) is 0.0309. The summed E-state index contributed by atoms with van der Waals surface area (Å²) in [4.78, 5) is 28.9. The standard InChI is InChI=1S/C20H19N3O4S/c1-13-8-9-17(10-14(13)2)22(15(3)24)20-21-16(12-28-20)11-27-19-7-5-4-6-18(19)23(25)26/h4-10,12H,11H2,1-3H3. The van der Waals surface area contributed by atoms with Crippen LogP contribution in [0.1, 0.15) is 23.7 Å². The number of hydrogen-bond donors (Lipinski definition) is 0. The van der Waals surface area contributed by atoms with Gasteiger partial charge in [0, 0.05) is 18.4 Å². The molecule has 0 saturated heterocycles. The summed E-state index contributed by atoms with van der Waals surface area (Å²) < 4.78 is 5.58. The zero-order valence-electron chi connectivity index (χ0n) is 15.7. The minimum absolute atomic E-state index is 0.0695. The monoisotopic (exact) mass is 397 g/mol. The van der Waals surface area contributed by atoms with E-state index in [1.165, 1.54) is 24.3 Å². The Bertz CT molecular complexity index is 1030. The normalized spacial score (nSPS) is 10.5. The number of aromatic nitrogens is 1. The van der Waals surface area contributed by atoms with Crippen molar-refractivity contribution in [1.29, 1.82) is 0 Å². The van der Waals surface area contributed by atoms with Crippen LogP contribution in [0.15, 0.2) is 47.8 Å². The molecule has 0 fully saturated rings. The number of para-hydroxylation sites is 2. The Hall–Kier alpha value is -3.26. The fraction of sp³-hybridized carbons (Fsp3) is 0.200. The van der Waals surface area contributed by atoms with Crippen molar-refractivity contribution in [1.82, 2.24) is 4.98 Å². The molecule has 0 aliphatic carbocycles. The van der Waals surface area contributed by atoms with Gasteiger partial charge in [0.05, 0.1) is 16.3 Å². The first-order chi connectivity index (χ1) is 13.4. The number of nitro benzene ring substituents is 1. The van der Waals surface area contributed by atoms with Gasteiger partial charge in [0.15, 0.2) is 10.9 Å². The van der Waals surface area contributed by atoms with E-state index >= 15 is 0 Å². The maximum Gasteiger partial charge on any atom is 0.310 e. The second kappa shape index (κ2) is 8.18. The van der Waals surface area contributed by atoms with E-state index in [1.54, 1.807) is 28.5 Å². The third-order valence-corrected chi connectivity index (χ3v) is 5.11. The first kappa shape index (κ1) is 19.5. The number of aryl methyl sites for hydroxylation is 2. The lowest BCUT2D eigenvalue weighted by atomic mass is 10.1. The Morgan fingerprint density at radius 2 is 1.96 bits per heavy atom. The van der Waals surface area contributed by atoms with E-state index in [1.807, 2.05) is 32.0 Å². The number of ether oxygens (including phenoxy) is 1. The summed E-state index contributed by atoms with van der Waals surface area (Å²) in [5.41, 5.74) is 3.47. The summed E-state index contributed by atoms with van der Waals surface area (Å²) in [6, 6.07) is 12.0. The number of thiazole rings is 1. The maximum atomic E-state index is 12.2. The van der Waals surface area contributed by atoms with Gasteiger partial charge in [-0.1, -0.05) is 18.2 Å². The molecule has 0 N–H and O–H groups in total. The number of anilines is 2. The minimum Gasteiger partial charge on any atom is -0.480 e. The third-order valence-electron chi connectivity index (χ3n) is 4.23. The number of carbonyl (C=O) groups is 1. The predicted molar refractivity (Wildman–Crippen MR) is 108 cm³/mol. The number of benzene rings is 2. The second-order valence-corrected chi connectivity index (χ2v) is 7.09. The van der Waals surface area contributed by atoms with Gasteiger partial charge in [-0.05, 0) is 43.2 Å². The van der Waals surface area contributed by atoms with Crippen molar-refractivity contribution in [2.75, 3.05) is 4.90 Å². The lowest BCUT2D eigenvalue weighted by Crippen LogP contribution is -2.22. The molecule has 0 radical (unpaired) electrons. The summed E-state index contributed by atoms with van der Waals surface area (Å²) in [6.07, 6.45) is 0. The van der Waals surface area contributed by atoms with Gasteiger partial charge in [0.1, 0.15) is 6.61 Å². The van der Waals surface area contributed by atoms with Crippen LogP contribution in [-0.2, 0) is 11.4 Å². The highest BCUT2D eigenvalue weighted by Gasteiger charge is 2.19. The SMILES string of the molecule is CC(=O)N(c1ccc(C)c(C)c1)c1nc(COc2ccccc2[N+](=O)[O-])cs1. The van der Waals surface area contributed by atoms with Crippen LogP contribution in [0.4, 0.5) is 16.5 Å². The van der Waals surface area contributed by atoms with Crippen LogP contribution in [0.3, 0.4) is 0 Å². The average Bonchev–Trinajstić information content (AvgIpc) is 3.11. The molecule has 3 aromatic rings. The molecule has 2 aromatic carbocycles. The van der Waals surface area contributed by atoms with Crippen molar-refractivity contribution in [3.8, 4) is 5.75 Å². The number of rotatable bonds is 6. The van der Waals surface area contributed by atoms with Gasteiger partial charge in [0.25, 0.3) is 0 Å². The van der Waals surface area contributed by atoms with Crippen LogP contribution < -0.4 is 9.64 Å². The summed E-state index contributed by atoms with van der Waals surface area (Å²) in [5, 5.41) is 13.4.